The summed E-state index contributed by atoms with van der Waals surface area (Å²) in [6.45, 7) is 1.57. The van der Waals surface area contributed by atoms with Gasteiger partial charge in [-0.1, -0.05) is 18.2 Å². The average molecular weight is 271 g/mol. The van der Waals surface area contributed by atoms with Crippen molar-refractivity contribution >= 4 is 11.6 Å². The molecular weight excluding hydrogens is 261 g/mol. The van der Waals surface area contributed by atoms with E-state index in [4.69, 9.17) is 11.6 Å². The Morgan fingerprint density at radius 3 is 2.11 bits per heavy atom. The van der Waals surface area contributed by atoms with Crippen molar-refractivity contribution < 1.29 is 13.2 Å². The van der Waals surface area contributed by atoms with Crippen molar-refractivity contribution in [3.63, 3.8) is 0 Å². The molecule has 4 heteroatoms. The molecule has 2 rings (SSSR count). The summed E-state index contributed by atoms with van der Waals surface area (Å²) in [6.07, 6.45) is 0. The van der Waals surface area contributed by atoms with Gasteiger partial charge in [0.1, 0.15) is 17.5 Å². The van der Waals surface area contributed by atoms with Gasteiger partial charge in [-0.15, -0.1) is 11.6 Å². The van der Waals surface area contributed by atoms with E-state index in [9.17, 15) is 13.2 Å². The van der Waals surface area contributed by atoms with Gasteiger partial charge in [-0.05, 0) is 36.2 Å². The van der Waals surface area contributed by atoms with Crippen LogP contribution in [0.15, 0.2) is 36.4 Å². The standard InChI is InChI=1S/C14H10ClF3/c1-8-7-9(5-6-10(8)16)14(15)13-11(17)3-2-4-12(13)18/h2-7,14H,1H3. The molecule has 0 spiro atoms. The molecular formula is C14H10ClF3. The summed E-state index contributed by atoms with van der Waals surface area (Å²) in [5, 5.41) is -0.981. The molecule has 0 saturated carbocycles. The quantitative estimate of drug-likeness (QED) is 0.692. The lowest BCUT2D eigenvalue weighted by atomic mass is 10.0. The fraction of sp³-hybridized carbons (Fsp3) is 0.143. The molecule has 0 aliphatic heterocycles. The summed E-state index contributed by atoms with van der Waals surface area (Å²) < 4.78 is 40.3. The fourth-order valence-corrected chi connectivity index (χ4v) is 2.09. The van der Waals surface area contributed by atoms with Gasteiger partial charge in [0, 0.05) is 5.56 Å². The molecule has 0 saturated heterocycles. The Hall–Kier alpha value is -1.48. The Kier molecular flexibility index (Phi) is 3.62. The monoisotopic (exact) mass is 270 g/mol. The van der Waals surface area contributed by atoms with E-state index >= 15 is 0 Å². The number of benzene rings is 2. The largest absolute Gasteiger partial charge is 0.207 e. The molecule has 0 nitrogen and oxygen atoms in total. The van der Waals surface area contributed by atoms with Crippen molar-refractivity contribution in [2.45, 2.75) is 12.3 Å². The molecule has 1 atom stereocenters. The summed E-state index contributed by atoms with van der Waals surface area (Å²) in [5.41, 5.74) is 0.625. The van der Waals surface area contributed by atoms with E-state index in [-0.39, 0.29) is 11.4 Å². The third-order valence-corrected chi connectivity index (χ3v) is 3.20. The molecule has 94 valence electrons. The summed E-state index contributed by atoms with van der Waals surface area (Å²) in [5.74, 6) is -1.80. The number of aryl methyl sites for hydroxylation is 1. The molecule has 2 aromatic carbocycles. The van der Waals surface area contributed by atoms with Crippen LogP contribution >= 0.6 is 11.6 Å². The smallest absolute Gasteiger partial charge is 0.131 e. The number of hydrogen-bond acceptors (Lipinski definition) is 0. The van der Waals surface area contributed by atoms with Crippen LogP contribution in [-0.2, 0) is 0 Å². The first-order valence-corrected chi connectivity index (χ1v) is 5.78. The first-order chi connectivity index (χ1) is 8.50. The minimum atomic E-state index is -0.981. The first kappa shape index (κ1) is 13.0. The van der Waals surface area contributed by atoms with E-state index in [2.05, 4.69) is 0 Å². The van der Waals surface area contributed by atoms with Crippen molar-refractivity contribution in [1.29, 1.82) is 0 Å². The highest BCUT2D eigenvalue weighted by atomic mass is 35.5. The van der Waals surface area contributed by atoms with E-state index < -0.39 is 17.0 Å². The number of rotatable bonds is 2. The summed E-state index contributed by atoms with van der Waals surface area (Å²) in [6, 6.07) is 7.70. The molecule has 0 aromatic heterocycles. The zero-order valence-electron chi connectivity index (χ0n) is 9.55. The summed E-state index contributed by atoms with van der Waals surface area (Å²) in [7, 11) is 0. The summed E-state index contributed by atoms with van der Waals surface area (Å²) >= 11 is 6.06. The number of hydrogen-bond donors (Lipinski definition) is 0. The highest BCUT2D eigenvalue weighted by Crippen LogP contribution is 2.33. The third-order valence-electron chi connectivity index (χ3n) is 2.73. The second-order valence-corrected chi connectivity index (χ2v) is 4.44. The Bertz CT molecular complexity index is 561. The van der Waals surface area contributed by atoms with Crippen molar-refractivity contribution in [2.75, 3.05) is 0 Å². The van der Waals surface area contributed by atoms with Crippen LogP contribution in [0.1, 0.15) is 22.1 Å². The van der Waals surface area contributed by atoms with E-state index in [1.165, 1.54) is 24.3 Å². The van der Waals surface area contributed by atoms with Gasteiger partial charge in [0.05, 0.1) is 5.38 Å². The minimum Gasteiger partial charge on any atom is -0.207 e. The zero-order chi connectivity index (χ0) is 13.3. The maximum atomic E-state index is 13.6. The molecule has 1 unspecified atom stereocenters. The Labute approximate surface area is 108 Å². The van der Waals surface area contributed by atoms with Crippen LogP contribution in [-0.4, -0.2) is 0 Å². The van der Waals surface area contributed by atoms with Crippen molar-refractivity contribution in [1.82, 2.24) is 0 Å². The van der Waals surface area contributed by atoms with Crippen molar-refractivity contribution in [3.8, 4) is 0 Å². The SMILES string of the molecule is Cc1cc(C(Cl)c2c(F)cccc2F)ccc1F. The molecule has 0 radical (unpaired) electrons. The highest BCUT2D eigenvalue weighted by Gasteiger charge is 2.20. The van der Waals surface area contributed by atoms with Gasteiger partial charge in [0.2, 0.25) is 0 Å². The molecule has 0 aliphatic carbocycles. The molecule has 0 aliphatic rings. The average Bonchev–Trinajstić information content (AvgIpc) is 2.32. The predicted octanol–water partition coefficient (Wildman–Crippen LogP) is 4.74. The Morgan fingerprint density at radius 2 is 1.56 bits per heavy atom. The maximum Gasteiger partial charge on any atom is 0.131 e. The highest BCUT2D eigenvalue weighted by molar-refractivity contribution is 6.22. The Balaban J connectivity index is 2.48. The second-order valence-electron chi connectivity index (χ2n) is 4.01. The molecule has 18 heavy (non-hydrogen) atoms. The van der Waals surface area contributed by atoms with Crippen molar-refractivity contribution in [3.05, 3.63) is 70.5 Å². The van der Waals surface area contributed by atoms with Gasteiger partial charge in [-0.25, -0.2) is 13.2 Å². The van der Waals surface area contributed by atoms with E-state index in [1.807, 2.05) is 0 Å². The minimum absolute atomic E-state index is 0.217. The molecule has 0 amide bonds. The van der Waals surface area contributed by atoms with Crippen LogP contribution in [0.5, 0.6) is 0 Å². The van der Waals surface area contributed by atoms with Gasteiger partial charge >= 0.3 is 0 Å². The lowest BCUT2D eigenvalue weighted by Crippen LogP contribution is -2.01. The van der Waals surface area contributed by atoms with Gasteiger partial charge in [-0.2, -0.15) is 0 Å². The number of halogens is 4. The lowest BCUT2D eigenvalue weighted by molar-refractivity contribution is 0.559. The molecule has 0 fully saturated rings. The van der Waals surface area contributed by atoms with Gasteiger partial charge in [0.15, 0.2) is 0 Å². The normalized spacial score (nSPS) is 12.5. The van der Waals surface area contributed by atoms with Gasteiger partial charge in [-0.3, -0.25) is 0 Å². The third kappa shape index (κ3) is 2.36. The van der Waals surface area contributed by atoms with E-state index in [1.54, 1.807) is 6.92 Å². The summed E-state index contributed by atoms with van der Waals surface area (Å²) in [4.78, 5) is 0. The van der Waals surface area contributed by atoms with E-state index in [0.717, 1.165) is 12.1 Å². The van der Waals surface area contributed by atoms with Crippen LogP contribution in [0.4, 0.5) is 13.2 Å². The zero-order valence-corrected chi connectivity index (χ0v) is 10.3. The van der Waals surface area contributed by atoms with Gasteiger partial charge < -0.3 is 0 Å². The molecule has 0 bridgehead atoms. The van der Waals surface area contributed by atoms with Crippen LogP contribution in [0.2, 0.25) is 0 Å². The molecule has 0 heterocycles. The Morgan fingerprint density at radius 1 is 0.944 bits per heavy atom. The van der Waals surface area contributed by atoms with Crippen molar-refractivity contribution in [2.24, 2.45) is 0 Å². The van der Waals surface area contributed by atoms with Gasteiger partial charge in [0.25, 0.3) is 0 Å². The van der Waals surface area contributed by atoms with Crippen LogP contribution in [0.3, 0.4) is 0 Å². The maximum absolute atomic E-state index is 13.6. The molecule has 2 aromatic rings. The lowest BCUT2D eigenvalue weighted by Gasteiger charge is -2.13. The number of alkyl halides is 1. The fourth-order valence-electron chi connectivity index (χ4n) is 1.75. The van der Waals surface area contributed by atoms with E-state index in [0.29, 0.717) is 11.1 Å². The van der Waals surface area contributed by atoms with Crippen LogP contribution in [0, 0.1) is 24.4 Å². The van der Waals surface area contributed by atoms with Crippen LogP contribution in [0.25, 0.3) is 0 Å². The van der Waals surface area contributed by atoms with Crippen LogP contribution < -0.4 is 0 Å². The molecule has 0 N–H and O–H groups in total. The first-order valence-electron chi connectivity index (χ1n) is 5.34. The topological polar surface area (TPSA) is 0 Å². The predicted molar refractivity (Wildman–Crippen MR) is 65.2 cm³/mol. The second kappa shape index (κ2) is 5.02.